The van der Waals surface area contributed by atoms with E-state index in [-0.39, 0.29) is 11.8 Å². The topological polar surface area (TPSA) is 21.3 Å². The van der Waals surface area contributed by atoms with Crippen molar-refractivity contribution in [3.8, 4) is 5.75 Å². The van der Waals surface area contributed by atoms with E-state index < -0.39 is 6.61 Å². The summed E-state index contributed by atoms with van der Waals surface area (Å²) in [5.41, 5.74) is 1.28. The third-order valence-corrected chi connectivity index (χ3v) is 3.47. The number of rotatable bonds is 5. The molecule has 112 valence electrons. The predicted octanol–water partition coefficient (Wildman–Crippen LogP) is 5.77. The maximum atomic E-state index is 12.4. The monoisotopic (exact) mass is 331 g/mol. The molecule has 1 atom stereocenters. The molecule has 1 N–H and O–H groups in total. The molecule has 0 radical (unpaired) electrons. The fourth-order valence-electron chi connectivity index (χ4n) is 1.95. The first-order valence-corrected chi connectivity index (χ1v) is 6.98. The molecule has 0 spiro atoms. The van der Waals surface area contributed by atoms with Crippen molar-refractivity contribution in [3.05, 3.63) is 58.1 Å². The SMILES string of the molecule is CC(Nc1ccccc1OC(F)F)c1ccc(Cl)cc1Cl. The highest BCUT2D eigenvalue weighted by molar-refractivity contribution is 6.35. The maximum absolute atomic E-state index is 12.4. The zero-order valence-corrected chi connectivity index (χ0v) is 12.6. The zero-order chi connectivity index (χ0) is 15.4. The van der Waals surface area contributed by atoms with Crippen molar-refractivity contribution >= 4 is 28.9 Å². The summed E-state index contributed by atoms with van der Waals surface area (Å²) >= 11 is 12.0. The van der Waals surface area contributed by atoms with Crippen LogP contribution in [-0.2, 0) is 0 Å². The number of hydrogen-bond donors (Lipinski definition) is 1. The molecule has 21 heavy (non-hydrogen) atoms. The summed E-state index contributed by atoms with van der Waals surface area (Å²) in [6.07, 6.45) is 0. The Morgan fingerprint density at radius 3 is 2.48 bits per heavy atom. The van der Waals surface area contributed by atoms with Crippen LogP contribution in [0, 0.1) is 0 Å². The second kappa shape index (κ2) is 6.96. The molecule has 0 heterocycles. The lowest BCUT2D eigenvalue weighted by Crippen LogP contribution is -2.10. The predicted molar refractivity (Wildman–Crippen MR) is 81.6 cm³/mol. The Labute approximate surface area is 131 Å². The summed E-state index contributed by atoms with van der Waals surface area (Å²) in [4.78, 5) is 0. The van der Waals surface area contributed by atoms with Gasteiger partial charge in [-0.2, -0.15) is 8.78 Å². The molecular formula is C15H13Cl2F2NO. The summed E-state index contributed by atoms with van der Waals surface area (Å²) in [6.45, 7) is -1.00. The summed E-state index contributed by atoms with van der Waals surface area (Å²) < 4.78 is 29.2. The number of ether oxygens (including phenoxy) is 1. The van der Waals surface area contributed by atoms with Crippen LogP contribution in [0.4, 0.5) is 14.5 Å². The maximum Gasteiger partial charge on any atom is 0.387 e. The molecule has 0 fully saturated rings. The van der Waals surface area contributed by atoms with Gasteiger partial charge in [0.15, 0.2) is 0 Å². The van der Waals surface area contributed by atoms with Gasteiger partial charge in [-0.15, -0.1) is 0 Å². The van der Waals surface area contributed by atoms with Crippen molar-refractivity contribution in [1.29, 1.82) is 0 Å². The van der Waals surface area contributed by atoms with Crippen LogP contribution < -0.4 is 10.1 Å². The normalized spacial score (nSPS) is 12.3. The van der Waals surface area contributed by atoms with Crippen LogP contribution in [-0.4, -0.2) is 6.61 Å². The minimum Gasteiger partial charge on any atom is -0.433 e. The van der Waals surface area contributed by atoms with Crippen molar-refractivity contribution in [1.82, 2.24) is 0 Å². The first-order valence-electron chi connectivity index (χ1n) is 6.22. The Bertz CT molecular complexity index is 622. The van der Waals surface area contributed by atoms with Crippen LogP contribution in [0.5, 0.6) is 5.75 Å². The first kappa shape index (κ1) is 15.9. The largest absolute Gasteiger partial charge is 0.433 e. The van der Waals surface area contributed by atoms with E-state index in [0.717, 1.165) is 5.56 Å². The highest BCUT2D eigenvalue weighted by Crippen LogP contribution is 2.32. The quantitative estimate of drug-likeness (QED) is 0.751. The molecule has 0 aliphatic heterocycles. The zero-order valence-electron chi connectivity index (χ0n) is 11.1. The van der Waals surface area contributed by atoms with Gasteiger partial charge in [-0.05, 0) is 36.8 Å². The fourth-order valence-corrected chi connectivity index (χ4v) is 2.52. The van der Waals surface area contributed by atoms with Crippen LogP contribution in [0.2, 0.25) is 10.0 Å². The van der Waals surface area contributed by atoms with Gasteiger partial charge >= 0.3 is 6.61 Å². The molecule has 0 aliphatic rings. The van der Waals surface area contributed by atoms with E-state index >= 15 is 0 Å². The fraction of sp³-hybridized carbons (Fsp3) is 0.200. The molecule has 2 aromatic carbocycles. The molecule has 0 aliphatic carbocycles. The van der Waals surface area contributed by atoms with Gasteiger partial charge in [0.1, 0.15) is 5.75 Å². The van der Waals surface area contributed by atoms with Crippen LogP contribution in [0.25, 0.3) is 0 Å². The smallest absolute Gasteiger partial charge is 0.387 e. The minimum atomic E-state index is -2.87. The highest BCUT2D eigenvalue weighted by Gasteiger charge is 2.14. The number of hydrogen-bond acceptors (Lipinski definition) is 2. The van der Waals surface area contributed by atoms with Crippen molar-refractivity contribution in [2.75, 3.05) is 5.32 Å². The van der Waals surface area contributed by atoms with Crippen LogP contribution in [0.1, 0.15) is 18.5 Å². The minimum absolute atomic E-state index is 0.0874. The molecule has 0 bridgehead atoms. The van der Waals surface area contributed by atoms with E-state index in [1.165, 1.54) is 6.07 Å². The van der Waals surface area contributed by atoms with Crippen molar-refractivity contribution in [2.45, 2.75) is 19.6 Å². The van der Waals surface area contributed by atoms with Crippen LogP contribution in [0.3, 0.4) is 0 Å². The van der Waals surface area contributed by atoms with E-state index in [1.807, 2.05) is 6.92 Å². The number of halogens is 4. The molecular weight excluding hydrogens is 319 g/mol. The summed E-state index contributed by atoms with van der Waals surface area (Å²) in [5, 5.41) is 4.15. The number of benzene rings is 2. The Balaban J connectivity index is 2.21. The second-order valence-corrected chi connectivity index (χ2v) is 5.25. The lowest BCUT2D eigenvalue weighted by molar-refractivity contribution is -0.0493. The van der Waals surface area contributed by atoms with E-state index in [4.69, 9.17) is 23.2 Å². The van der Waals surface area contributed by atoms with Gasteiger partial charge in [0, 0.05) is 10.0 Å². The Morgan fingerprint density at radius 1 is 1.10 bits per heavy atom. The molecule has 2 nitrogen and oxygen atoms in total. The lowest BCUT2D eigenvalue weighted by Gasteiger charge is -2.19. The molecule has 0 saturated heterocycles. The number of anilines is 1. The van der Waals surface area contributed by atoms with Gasteiger partial charge in [0.25, 0.3) is 0 Å². The van der Waals surface area contributed by atoms with E-state index in [0.29, 0.717) is 15.7 Å². The van der Waals surface area contributed by atoms with Crippen molar-refractivity contribution in [3.63, 3.8) is 0 Å². The number of nitrogens with one attached hydrogen (secondary N) is 1. The summed E-state index contributed by atoms with van der Waals surface area (Å²) in [7, 11) is 0. The summed E-state index contributed by atoms with van der Waals surface area (Å²) in [5.74, 6) is 0.0874. The van der Waals surface area contributed by atoms with Gasteiger partial charge in [0.2, 0.25) is 0 Å². The van der Waals surface area contributed by atoms with Gasteiger partial charge in [-0.3, -0.25) is 0 Å². The van der Waals surface area contributed by atoms with Gasteiger partial charge in [-0.25, -0.2) is 0 Å². The van der Waals surface area contributed by atoms with Gasteiger partial charge in [0.05, 0.1) is 11.7 Å². The van der Waals surface area contributed by atoms with Gasteiger partial charge in [-0.1, -0.05) is 41.4 Å². The Morgan fingerprint density at radius 2 is 1.81 bits per heavy atom. The molecule has 2 aromatic rings. The van der Waals surface area contributed by atoms with Crippen LogP contribution >= 0.6 is 23.2 Å². The molecule has 1 unspecified atom stereocenters. The summed E-state index contributed by atoms with van der Waals surface area (Å²) in [6, 6.07) is 11.5. The van der Waals surface area contributed by atoms with Crippen molar-refractivity contribution in [2.24, 2.45) is 0 Å². The molecule has 2 rings (SSSR count). The highest BCUT2D eigenvalue weighted by atomic mass is 35.5. The molecule has 0 aromatic heterocycles. The Hall–Kier alpha value is -1.52. The van der Waals surface area contributed by atoms with E-state index in [9.17, 15) is 8.78 Å². The Kier molecular flexibility index (Phi) is 5.26. The standard InChI is InChI=1S/C15H13Cl2F2NO/c1-9(11-7-6-10(16)8-12(11)17)20-13-4-2-3-5-14(13)21-15(18)19/h2-9,15,20H,1H3. The lowest BCUT2D eigenvalue weighted by atomic mass is 10.1. The third-order valence-electron chi connectivity index (χ3n) is 2.90. The molecule has 6 heteroatoms. The van der Waals surface area contributed by atoms with E-state index in [1.54, 1.807) is 36.4 Å². The number of para-hydroxylation sites is 2. The van der Waals surface area contributed by atoms with E-state index in [2.05, 4.69) is 10.1 Å². The second-order valence-electron chi connectivity index (χ2n) is 4.41. The van der Waals surface area contributed by atoms with Crippen LogP contribution in [0.15, 0.2) is 42.5 Å². The van der Waals surface area contributed by atoms with Crippen molar-refractivity contribution < 1.29 is 13.5 Å². The average Bonchev–Trinajstić information content (AvgIpc) is 2.40. The van der Waals surface area contributed by atoms with Gasteiger partial charge < -0.3 is 10.1 Å². The average molecular weight is 332 g/mol. The molecule has 0 saturated carbocycles. The third kappa shape index (κ3) is 4.22. The molecule has 0 amide bonds. The first-order chi connectivity index (χ1) is 9.97. The number of alkyl halides is 2.